The van der Waals surface area contributed by atoms with Gasteiger partial charge in [-0.05, 0) is 40.9 Å². The van der Waals surface area contributed by atoms with E-state index in [1.165, 1.54) is 47.6 Å². The zero-order valence-electron chi connectivity index (χ0n) is 14.1. The standard InChI is InChI=1S/C18H14N2O5S2/c1-25-15(21)9-14-16(22)20(10-13-3-2-8-26-13)18(27-14)19-12-6-4-11(5-7-12)17(23)24/h2-9H,10H2,1H3,(H,23,24)/p-1/b14-9+,19-18?. The SMILES string of the molecule is COC(=O)/C=C1/SC(=Nc2ccc(C(=O)[O-])cc2)N(Cc2cccs2)C1=O. The minimum atomic E-state index is -1.28. The van der Waals surface area contributed by atoms with Crippen LogP contribution in [0.25, 0.3) is 0 Å². The van der Waals surface area contributed by atoms with Crippen molar-refractivity contribution in [2.75, 3.05) is 7.11 Å². The molecular formula is C18H13N2O5S2-. The fraction of sp³-hybridized carbons (Fsp3) is 0.111. The van der Waals surface area contributed by atoms with Crippen LogP contribution in [0.5, 0.6) is 0 Å². The maximum Gasteiger partial charge on any atom is 0.331 e. The lowest BCUT2D eigenvalue weighted by molar-refractivity contribution is -0.255. The largest absolute Gasteiger partial charge is 0.545 e. The van der Waals surface area contributed by atoms with Crippen molar-refractivity contribution in [2.45, 2.75) is 6.54 Å². The molecule has 1 fully saturated rings. The molecule has 0 saturated carbocycles. The summed E-state index contributed by atoms with van der Waals surface area (Å²) in [6.07, 6.45) is 1.14. The molecule has 138 valence electrons. The maximum absolute atomic E-state index is 12.7. The van der Waals surface area contributed by atoms with E-state index in [-0.39, 0.29) is 16.4 Å². The minimum absolute atomic E-state index is 0.0378. The third-order valence-electron chi connectivity index (χ3n) is 3.56. The summed E-state index contributed by atoms with van der Waals surface area (Å²) in [5.74, 6) is -2.24. The van der Waals surface area contributed by atoms with Crippen LogP contribution in [0.2, 0.25) is 0 Å². The molecule has 1 amide bonds. The molecule has 0 N–H and O–H groups in total. The second kappa shape index (κ2) is 8.19. The lowest BCUT2D eigenvalue weighted by Crippen LogP contribution is -2.28. The number of ether oxygens (including phenoxy) is 1. The molecule has 2 heterocycles. The Bertz CT molecular complexity index is 933. The summed E-state index contributed by atoms with van der Waals surface area (Å²) in [6.45, 7) is 0.317. The molecule has 1 aliphatic heterocycles. The van der Waals surface area contributed by atoms with Gasteiger partial charge >= 0.3 is 5.97 Å². The Balaban J connectivity index is 1.93. The molecule has 0 bridgehead atoms. The van der Waals surface area contributed by atoms with E-state index in [2.05, 4.69) is 9.73 Å². The van der Waals surface area contributed by atoms with Crippen molar-refractivity contribution in [1.29, 1.82) is 0 Å². The topological polar surface area (TPSA) is 99.1 Å². The highest BCUT2D eigenvalue weighted by atomic mass is 32.2. The number of carboxylic acids is 1. The normalized spacial score (nSPS) is 16.9. The summed E-state index contributed by atoms with van der Waals surface area (Å²) in [6, 6.07) is 9.59. The molecule has 1 aromatic carbocycles. The first kappa shape index (κ1) is 18.9. The zero-order chi connectivity index (χ0) is 19.4. The number of amidine groups is 1. The van der Waals surface area contributed by atoms with Gasteiger partial charge < -0.3 is 14.6 Å². The van der Waals surface area contributed by atoms with Crippen molar-refractivity contribution in [3.05, 3.63) is 63.2 Å². The van der Waals surface area contributed by atoms with Gasteiger partial charge in [0.1, 0.15) is 0 Å². The summed E-state index contributed by atoms with van der Waals surface area (Å²) in [5, 5.41) is 13.1. The number of carbonyl (C=O) groups excluding carboxylic acids is 3. The Morgan fingerprint density at radius 3 is 2.59 bits per heavy atom. The molecule has 0 spiro atoms. The van der Waals surface area contributed by atoms with E-state index in [9.17, 15) is 19.5 Å². The van der Waals surface area contributed by atoms with Crippen LogP contribution in [0, 0.1) is 0 Å². The first-order valence-corrected chi connectivity index (χ1v) is 9.39. The Kier molecular flexibility index (Phi) is 5.72. The van der Waals surface area contributed by atoms with Crippen molar-refractivity contribution in [2.24, 2.45) is 4.99 Å². The predicted molar refractivity (Wildman–Crippen MR) is 100 cm³/mol. The van der Waals surface area contributed by atoms with Crippen molar-refractivity contribution in [3.63, 3.8) is 0 Å². The molecule has 27 heavy (non-hydrogen) atoms. The monoisotopic (exact) mass is 401 g/mol. The summed E-state index contributed by atoms with van der Waals surface area (Å²) in [7, 11) is 1.24. The number of methoxy groups -OCH3 is 1. The Morgan fingerprint density at radius 1 is 1.26 bits per heavy atom. The number of rotatable bonds is 5. The fourth-order valence-electron chi connectivity index (χ4n) is 2.24. The maximum atomic E-state index is 12.7. The smallest absolute Gasteiger partial charge is 0.331 e. The van der Waals surface area contributed by atoms with Crippen molar-refractivity contribution >= 4 is 51.8 Å². The highest BCUT2D eigenvalue weighted by Crippen LogP contribution is 2.34. The van der Waals surface area contributed by atoms with Gasteiger partial charge in [-0.2, -0.15) is 0 Å². The first-order valence-electron chi connectivity index (χ1n) is 7.70. The van der Waals surface area contributed by atoms with Gasteiger partial charge in [0.2, 0.25) is 0 Å². The van der Waals surface area contributed by atoms with E-state index < -0.39 is 11.9 Å². The highest BCUT2D eigenvalue weighted by molar-refractivity contribution is 8.18. The van der Waals surface area contributed by atoms with Gasteiger partial charge in [-0.1, -0.05) is 18.2 Å². The van der Waals surface area contributed by atoms with Crippen LogP contribution in [-0.2, 0) is 20.9 Å². The van der Waals surface area contributed by atoms with E-state index in [0.29, 0.717) is 17.4 Å². The molecule has 1 aliphatic rings. The van der Waals surface area contributed by atoms with Gasteiger partial charge in [-0.25, -0.2) is 9.79 Å². The number of hydrogen-bond donors (Lipinski definition) is 0. The molecule has 0 radical (unpaired) electrons. The number of benzene rings is 1. The Morgan fingerprint density at radius 2 is 2.00 bits per heavy atom. The Hall–Kier alpha value is -2.91. The number of thioether (sulfide) groups is 1. The molecule has 3 rings (SSSR count). The summed E-state index contributed by atoms with van der Waals surface area (Å²) < 4.78 is 4.59. The van der Waals surface area contributed by atoms with Gasteiger partial charge in [-0.3, -0.25) is 9.69 Å². The van der Waals surface area contributed by atoms with Crippen LogP contribution in [0.3, 0.4) is 0 Å². The van der Waals surface area contributed by atoms with Crippen LogP contribution in [0.1, 0.15) is 15.2 Å². The number of carboxylic acid groups (broad SMARTS) is 1. The van der Waals surface area contributed by atoms with E-state index in [1.54, 1.807) is 0 Å². The molecule has 9 heteroatoms. The molecule has 2 aromatic rings. The minimum Gasteiger partial charge on any atom is -0.545 e. The molecule has 0 unspecified atom stereocenters. The van der Waals surface area contributed by atoms with Crippen LogP contribution in [0.15, 0.2) is 57.8 Å². The van der Waals surface area contributed by atoms with Crippen LogP contribution >= 0.6 is 23.1 Å². The second-order valence-electron chi connectivity index (χ2n) is 5.33. The third kappa shape index (κ3) is 4.44. The summed E-state index contributed by atoms with van der Waals surface area (Å²) in [4.78, 5) is 42.1. The van der Waals surface area contributed by atoms with Gasteiger partial charge in [0.05, 0.1) is 30.2 Å². The number of thiophene rings is 1. The predicted octanol–water partition coefficient (Wildman–Crippen LogP) is 1.93. The molecule has 1 saturated heterocycles. The van der Waals surface area contributed by atoms with E-state index in [0.717, 1.165) is 22.7 Å². The third-order valence-corrected chi connectivity index (χ3v) is 5.43. The Labute approximate surface area is 163 Å². The number of aromatic carboxylic acids is 1. The average Bonchev–Trinajstić information content (AvgIpc) is 3.26. The fourth-order valence-corrected chi connectivity index (χ4v) is 3.89. The number of hydrogen-bond acceptors (Lipinski definition) is 8. The number of aliphatic imine (C=N–C) groups is 1. The highest BCUT2D eigenvalue weighted by Gasteiger charge is 2.34. The van der Waals surface area contributed by atoms with Crippen LogP contribution < -0.4 is 5.11 Å². The van der Waals surface area contributed by atoms with Crippen LogP contribution in [0.4, 0.5) is 5.69 Å². The van der Waals surface area contributed by atoms with Gasteiger partial charge in [0.25, 0.3) is 5.91 Å². The van der Waals surface area contributed by atoms with Crippen molar-refractivity contribution < 1.29 is 24.2 Å². The lowest BCUT2D eigenvalue weighted by Gasteiger charge is -2.14. The lowest BCUT2D eigenvalue weighted by atomic mass is 10.2. The van der Waals surface area contributed by atoms with Crippen molar-refractivity contribution in [1.82, 2.24) is 4.90 Å². The molecule has 0 atom stereocenters. The molecule has 0 aliphatic carbocycles. The number of amides is 1. The second-order valence-corrected chi connectivity index (χ2v) is 7.37. The first-order chi connectivity index (χ1) is 13.0. The van der Waals surface area contributed by atoms with E-state index in [1.807, 2.05) is 17.5 Å². The summed E-state index contributed by atoms with van der Waals surface area (Å²) in [5.41, 5.74) is 0.515. The molecule has 7 nitrogen and oxygen atoms in total. The number of carbonyl (C=O) groups is 3. The van der Waals surface area contributed by atoms with Gasteiger partial charge in [0, 0.05) is 11.0 Å². The van der Waals surface area contributed by atoms with Gasteiger partial charge in [0.15, 0.2) is 5.17 Å². The average molecular weight is 401 g/mol. The van der Waals surface area contributed by atoms with E-state index in [4.69, 9.17) is 0 Å². The van der Waals surface area contributed by atoms with Crippen molar-refractivity contribution in [3.8, 4) is 0 Å². The quantitative estimate of drug-likeness (QED) is 0.561. The molecular weight excluding hydrogens is 388 g/mol. The summed E-state index contributed by atoms with van der Waals surface area (Å²) >= 11 is 2.56. The molecule has 1 aromatic heterocycles. The zero-order valence-corrected chi connectivity index (χ0v) is 15.7. The number of esters is 1. The number of nitrogens with zero attached hydrogens (tertiary/aromatic N) is 2. The van der Waals surface area contributed by atoms with Crippen LogP contribution in [-0.4, -0.2) is 35.0 Å². The van der Waals surface area contributed by atoms with E-state index >= 15 is 0 Å². The van der Waals surface area contributed by atoms with Gasteiger partial charge in [-0.15, -0.1) is 11.3 Å².